The van der Waals surface area contributed by atoms with E-state index in [1.807, 2.05) is 24.3 Å². The molecule has 2 aromatic carbocycles. The summed E-state index contributed by atoms with van der Waals surface area (Å²) < 4.78 is 0. The van der Waals surface area contributed by atoms with Gasteiger partial charge in [-0.25, -0.2) is 0 Å². The molecule has 2 nitrogen and oxygen atoms in total. The highest BCUT2D eigenvalue weighted by molar-refractivity contribution is 6.08. The summed E-state index contributed by atoms with van der Waals surface area (Å²) in [7, 11) is 0. The number of ketones is 1. The molecule has 134 valence electrons. The Labute approximate surface area is 152 Å². The Balaban J connectivity index is 1.45. The first-order chi connectivity index (χ1) is 12.3. The predicted octanol–water partition coefficient (Wildman–Crippen LogP) is 5.70. The van der Waals surface area contributed by atoms with Gasteiger partial charge in [-0.1, -0.05) is 68.7 Å². The average molecular weight is 338 g/mol. The third kappa shape index (κ3) is 4.92. The maximum absolute atomic E-state index is 12.7. The van der Waals surface area contributed by atoms with Crippen LogP contribution in [0.15, 0.2) is 42.5 Å². The van der Waals surface area contributed by atoms with Crippen LogP contribution in [-0.2, 0) is 0 Å². The lowest BCUT2D eigenvalue weighted by Gasteiger charge is -2.31. The number of benzene rings is 2. The lowest BCUT2D eigenvalue weighted by molar-refractivity contribution is 0.0971. The predicted molar refractivity (Wildman–Crippen MR) is 106 cm³/mol. The van der Waals surface area contributed by atoms with Crippen LogP contribution >= 0.6 is 0 Å². The van der Waals surface area contributed by atoms with Gasteiger partial charge in [-0.3, -0.25) is 4.79 Å². The van der Waals surface area contributed by atoms with Gasteiger partial charge in [0.15, 0.2) is 5.78 Å². The summed E-state index contributed by atoms with van der Waals surface area (Å²) in [5, 5.41) is 2.24. The first-order valence-electron chi connectivity index (χ1n) is 10.0. The van der Waals surface area contributed by atoms with Crippen LogP contribution in [0, 0.1) is 5.92 Å². The number of likely N-dealkylation sites (tertiary alicyclic amines) is 1. The monoisotopic (exact) mass is 337 g/mol. The molecule has 1 saturated heterocycles. The van der Waals surface area contributed by atoms with Gasteiger partial charge in [0.25, 0.3) is 0 Å². The van der Waals surface area contributed by atoms with Crippen molar-refractivity contribution in [3.63, 3.8) is 0 Å². The molecule has 0 unspecified atom stereocenters. The van der Waals surface area contributed by atoms with E-state index in [2.05, 4.69) is 30.0 Å². The van der Waals surface area contributed by atoms with Crippen LogP contribution in [0.1, 0.15) is 62.2 Å². The second kappa shape index (κ2) is 9.15. The molecule has 3 rings (SSSR count). The zero-order chi connectivity index (χ0) is 17.5. The van der Waals surface area contributed by atoms with Crippen molar-refractivity contribution in [3.05, 3.63) is 48.0 Å². The highest BCUT2D eigenvalue weighted by atomic mass is 16.1. The molecule has 0 spiro atoms. The summed E-state index contributed by atoms with van der Waals surface area (Å²) >= 11 is 0. The van der Waals surface area contributed by atoms with Crippen molar-refractivity contribution in [2.75, 3.05) is 19.6 Å². The van der Waals surface area contributed by atoms with Crippen molar-refractivity contribution in [1.82, 2.24) is 4.90 Å². The molecule has 1 heterocycles. The second-order valence-electron chi connectivity index (χ2n) is 7.48. The van der Waals surface area contributed by atoms with Gasteiger partial charge in [-0.05, 0) is 55.6 Å². The van der Waals surface area contributed by atoms with Crippen LogP contribution < -0.4 is 0 Å². The molecule has 0 amide bonds. The molecule has 1 aliphatic rings. The smallest absolute Gasteiger partial charge is 0.163 e. The SMILES string of the molecule is CCCCC1CCN(CCCC(=O)c2cccc3ccccc23)CC1. The fourth-order valence-electron chi connectivity index (χ4n) is 4.06. The number of hydrogen-bond donors (Lipinski definition) is 0. The van der Waals surface area contributed by atoms with E-state index in [0.29, 0.717) is 6.42 Å². The number of unbranched alkanes of at least 4 members (excludes halogenated alkanes) is 1. The van der Waals surface area contributed by atoms with Crippen molar-refractivity contribution in [2.24, 2.45) is 5.92 Å². The largest absolute Gasteiger partial charge is 0.303 e. The summed E-state index contributed by atoms with van der Waals surface area (Å²) in [5.74, 6) is 1.23. The van der Waals surface area contributed by atoms with Gasteiger partial charge in [0.05, 0.1) is 0 Å². The summed E-state index contributed by atoms with van der Waals surface area (Å²) in [6.07, 6.45) is 8.42. The van der Waals surface area contributed by atoms with E-state index in [4.69, 9.17) is 0 Å². The van der Waals surface area contributed by atoms with Gasteiger partial charge < -0.3 is 4.90 Å². The molecule has 0 N–H and O–H groups in total. The highest BCUT2D eigenvalue weighted by Gasteiger charge is 2.18. The number of carbonyl (C=O) groups is 1. The van der Waals surface area contributed by atoms with E-state index in [0.717, 1.165) is 35.2 Å². The van der Waals surface area contributed by atoms with E-state index in [9.17, 15) is 4.79 Å². The zero-order valence-electron chi connectivity index (χ0n) is 15.5. The minimum atomic E-state index is 0.287. The van der Waals surface area contributed by atoms with Crippen LogP contribution in [0.4, 0.5) is 0 Å². The highest BCUT2D eigenvalue weighted by Crippen LogP contribution is 2.23. The van der Waals surface area contributed by atoms with Gasteiger partial charge in [0, 0.05) is 12.0 Å². The van der Waals surface area contributed by atoms with E-state index in [1.54, 1.807) is 0 Å². The quantitative estimate of drug-likeness (QED) is 0.575. The number of piperidine rings is 1. The average Bonchev–Trinajstić information content (AvgIpc) is 2.67. The third-order valence-electron chi connectivity index (χ3n) is 5.64. The Morgan fingerprint density at radius 2 is 1.80 bits per heavy atom. The molecule has 0 atom stereocenters. The Morgan fingerprint density at radius 1 is 1.04 bits per heavy atom. The lowest BCUT2D eigenvalue weighted by atomic mass is 9.91. The van der Waals surface area contributed by atoms with Crippen LogP contribution in [0.3, 0.4) is 0 Å². The minimum Gasteiger partial charge on any atom is -0.303 e. The van der Waals surface area contributed by atoms with Crippen molar-refractivity contribution in [3.8, 4) is 0 Å². The fraction of sp³-hybridized carbons (Fsp3) is 0.522. The summed E-state index contributed by atoms with van der Waals surface area (Å²) in [4.78, 5) is 15.2. The minimum absolute atomic E-state index is 0.287. The molecule has 0 saturated carbocycles. The number of rotatable bonds is 8. The molecule has 2 aromatic rings. The first-order valence-corrected chi connectivity index (χ1v) is 10.0. The number of nitrogens with zero attached hydrogens (tertiary/aromatic N) is 1. The Bertz CT molecular complexity index is 680. The molecule has 1 aliphatic heterocycles. The molecule has 2 heteroatoms. The van der Waals surface area contributed by atoms with Crippen molar-refractivity contribution in [1.29, 1.82) is 0 Å². The molecule has 0 radical (unpaired) electrons. The summed E-state index contributed by atoms with van der Waals surface area (Å²) in [6.45, 7) is 5.78. The van der Waals surface area contributed by atoms with Crippen LogP contribution in [-0.4, -0.2) is 30.3 Å². The molecule has 1 fully saturated rings. The summed E-state index contributed by atoms with van der Waals surface area (Å²) in [6, 6.07) is 14.2. The molecule has 25 heavy (non-hydrogen) atoms. The number of Topliss-reactive ketones (excluding diaryl/α,β-unsaturated/α-hetero) is 1. The molecular formula is C23H31NO. The Kier molecular flexibility index (Phi) is 6.63. The Morgan fingerprint density at radius 3 is 2.60 bits per heavy atom. The molecular weight excluding hydrogens is 306 g/mol. The lowest BCUT2D eigenvalue weighted by Crippen LogP contribution is -2.34. The number of fused-ring (bicyclic) bond motifs is 1. The van der Waals surface area contributed by atoms with Crippen molar-refractivity contribution < 1.29 is 4.79 Å². The van der Waals surface area contributed by atoms with Gasteiger partial charge in [0.2, 0.25) is 0 Å². The molecule has 0 aliphatic carbocycles. The zero-order valence-corrected chi connectivity index (χ0v) is 15.5. The fourth-order valence-corrected chi connectivity index (χ4v) is 4.06. The Hall–Kier alpha value is -1.67. The summed E-state index contributed by atoms with van der Waals surface area (Å²) in [5.41, 5.74) is 0.886. The molecule has 0 aromatic heterocycles. The normalized spacial score (nSPS) is 16.4. The molecule has 0 bridgehead atoms. The topological polar surface area (TPSA) is 20.3 Å². The third-order valence-corrected chi connectivity index (χ3v) is 5.64. The maximum Gasteiger partial charge on any atom is 0.163 e. The van der Waals surface area contributed by atoms with Crippen molar-refractivity contribution in [2.45, 2.75) is 51.9 Å². The van der Waals surface area contributed by atoms with Crippen LogP contribution in [0.2, 0.25) is 0 Å². The second-order valence-corrected chi connectivity index (χ2v) is 7.48. The van der Waals surface area contributed by atoms with Gasteiger partial charge in [0.1, 0.15) is 0 Å². The number of hydrogen-bond acceptors (Lipinski definition) is 2. The standard InChI is InChI=1S/C23H31NO/c1-2-3-8-19-14-17-24(18-15-19)16-7-13-23(25)22-12-6-10-20-9-4-5-11-21(20)22/h4-6,9-12,19H,2-3,7-8,13-18H2,1H3. The van der Waals surface area contributed by atoms with Crippen LogP contribution in [0.5, 0.6) is 0 Å². The van der Waals surface area contributed by atoms with E-state index in [1.165, 1.54) is 45.2 Å². The van der Waals surface area contributed by atoms with Crippen LogP contribution in [0.25, 0.3) is 10.8 Å². The van der Waals surface area contributed by atoms with Gasteiger partial charge in [-0.15, -0.1) is 0 Å². The van der Waals surface area contributed by atoms with Gasteiger partial charge in [-0.2, -0.15) is 0 Å². The number of carbonyl (C=O) groups excluding carboxylic acids is 1. The van der Waals surface area contributed by atoms with E-state index >= 15 is 0 Å². The van der Waals surface area contributed by atoms with E-state index < -0.39 is 0 Å². The van der Waals surface area contributed by atoms with E-state index in [-0.39, 0.29) is 5.78 Å². The maximum atomic E-state index is 12.7. The van der Waals surface area contributed by atoms with Crippen molar-refractivity contribution >= 4 is 16.6 Å². The first kappa shape index (κ1) is 18.1. The van der Waals surface area contributed by atoms with Gasteiger partial charge >= 0.3 is 0 Å².